The Morgan fingerprint density at radius 3 is 2.88 bits per heavy atom. The summed E-state index contributed by atoms with van der Waals surface area (Å²) in [5, 5.41) is 6.91. The van der Waals surface area contributed by atoms with Gasteiger partial charge in [-0.25, -0.2) is 9.98 Å². The Morgan fingerprint density at radius 1 is 1.44 bits per heavy atom. The van der Waals surface area contributed by atoms with E-state index in [-0.39, 0.29) is 29.4 Å². The molecule has 2 heterocycles. The summed E-state index contributed by atoms with van der Waals surface area (Å²) < 4.78 is 7.82. The zero-order valence-corrected chi connectivity index (χ0v) is 18.2. The molecule has 142 valence electrons. The molecule has 0 saturated heterocycles. The molecule has 0 aromatic carbocycles. The van der Waals surface area contributed by atoms with Gasteiger partial charge in [0.05, 0.1) is 18.3 Å². The molecule has 1 aliphatic carbocycles. The summed E-state index contributed by atoms with van der Waals surface area (Å²) in [7, 11) is 1.79. The third-order valence-corrected chi connectivity index (χ3v) is 5.48. The van der Waals surface area contributed by atoms with Crippen LogP contribution in [0.1, 0.15) is 51.6 Å². The van der Waals surface area contributed by atoms with Crippen molar-refractivity contribution in [2.75, 3.05) is 13.7 Å². The highest BCUT2D eigenvalue weighted by molar-refractivity contribution is 14.0. The van der Waals surface area contributed by atoms with Crippen LogP contribution in [-0.4, -0.2) is 41.3 Å². The lowest BCUT2D eigenvalue weighted by Gasteiger charge is -2.51. The first kappa shape index (κ1) is 20.5. The van der Waals surface area contributed by atoms with Crippen molar-refractivity contribution in [1.29, 1.82) is 0 Å². The second kappa shape index (κ2) is 8.70. The van der Waals surface area contributed by atoms with Crippen molar-refractivity contribution in [3.63, 3.8) is 0 Å². The number of hydrogen-bond donors (Lipinski definition) is 2. The second-order valence-corrected chi connectivity index (χ2v) is 7.47. The second-order valence-electron chi connectivity index (χ2n) is 7.47. The number of guanidine groups is 1. The molecule has 2 aliphatic rings. The highest BCUT2D eigenvalue weighted by Gasteiger charge is 2.48. The van der Waals surface area contributed by atoms with Crippen LogP contribution in [0.2, 0.25) is 0 Å². The van der Waals surface area contributed by atoms with Gasteiger partial charge in [0.15, 0.2) is 5.96 Å². The van der Waals surface area contributed by atoms with E-state index in [9.17, 15) is 0 Å². The van der Waals surface area contributed by atoms with Crippen LogP contribution in [0.4, 0.5) is 0 Å². The number of hydrogen-bond acceptors (Lipinski definition) is 3. The number of aryl methyl sites for hydroxylation is 2. The van der Waals surface area contributed by atoms with Crippen LogP contribution >= 0.6 is 24.0 Å². The lowest BCUT2D eigenvalue weighted by atomic mass is 9.64. The van der Waals surface area contributed by atoms with E-state index in [1.54, 1.807) is 7.11 Å². The van der Waals surface area contributed by atoms with Gasteiger partial charge >= 0.3 is 0 Å². The fourth-order valence-electron chi connectivity index (χ4n) is 3.72. The summed E-state index contributed by atoms with van der Waals surface area (Å²) in [6.07, 6.45) is 7.10. The molecule has 1 aromatic heterocycles. The Bertz CT molecular complexity index is 575. The van der Waals surface area contributed by atoms with Crippen molar-refractivity contribution >= 4 is 29.9 Å². The molecule has 0 amide bonds. The summed E-state index contributed by atoms with van der Waals surface area (Å²) in [6, 6.07) is 0.385. The Hall–Kier alpha value is -0.830. The van der Waals surface area contributed by atoms with Gasteiger partial charge in [0.1, 0.15) is 5.82 Å². The molecule has 0 radical (unpaired) electrons. The molecule has 3 rings (SSSR count). The van der Waals surface area contributed by atoms with Gasteiger partial charge in [-0.3, -0.25) is 0 Å². The van der Waals surface area contributed by atoms with Crippen molar-refractivity contribution in [1.82, 2.24) is 20.2 Å². The topological polar surface area (TPSA) is 63.5 Å². The summed E-state index contributed by atoms with van der Waals surface area (Å²) in [5.41, 5.74) is 1.19. The average Bonchev–Trinajstić information content (AvgIpc) is 2.98. The lowest BCUT2D eigenvalue weighted by molar-refractivity contribution is -0.0922. The number of methoxy groups -OCH3 is 1. The van der Waals surface area contributed by atoms with Crippen LogP contribution in [0.15, 0.2) is 11.2 Å². The monoisotopic (exact) mass is 461 g/mol. The van der Waals surface area contributed by atoms with Crippen molar-refractivity contribution in [3.05, 3.63) is 17.7 Å². The van der Waals surface area contributed by atoms with Gasteiger partial charge in [-0.2, -0.15) is 0 Å². The quantitative estimate of drug-likeness (QED) is 0.402. The number of fused-ring (bicyclic) bond motifs is 1. The average molecular weight is 461 g/mol. The van der Waals surface area contributed by atoms with E-state index < -0.39 is 0 Å². The Balaban J connectivity index is 0.00000225. The predicted octanol–water partition coefficient (Wildman–Crippen LogP) is 2.71. The SMILES string of the molecule is CCNC(=NCc1cn2c(n1)CCCC2)NC1CC(OC)C1(C)C.I. The summed E-state index contributed by atoms with van der Waals surface area (Å²) >= 11 is 0. The number of imidazole rings is 1. The van der Waals surface area contributed by atoms with Gasteiger partial charge in [-0.05, 0) is 26.2 Å². The number of ether oxygens (including phenoxy) is 1. The van der Waals surface area contributed by atoms with Crippen LogP contribution in [0.25, 0.3) is 0 Å². The molecular formula is C18H32IN5O. The van der Waals surface area contributed by atoms with Gasteiger partial charge in [0, 0.05) is 44.3 Å². The number of nitrogens with zero attached hydrogens (tertiary/aromatic N) is 3. The number of rotatable bonds is 5. The van der Waals surface area contributed by atoms with E-state index in [0.29, 0.717) is 18.7 Å². The summed E-state index contributed by atoms with van der Waals surface area (Å²) in [6.45, 7) is 9.16. The number of aromatic nitrogens is 2. The van der Waals surface area contributed by atoms with Crippen LogP contribution in [0.3, 0.4) is 0 Å². The molecule has 2 N–H and O–H groups in total. The van der Waals surface area contributed by atoms with Crippen LogP contribution in [0, 0.1) is 5.41 Å². The molecular weight excluding hydrogens is 429 g/mol. The van der Waals surface area contributed by atoms with Gasteiger partial charge in [0.2, 0.25) is 0 Å². The molecule has 1 aromatic rings. The Labute approximate surface area is 168 Å². The Kier molecular flexibility index (Phi) is 7.13. The van der Waals surface area contributed by atoms with Gasteiger partial charge < -0.3 is 19.9 Å². The largest absolute Gasteiger partial charge is 0.381 e. The molecule has 1 aliphatic heterocycles. The van der Waals surface area contributed by atoms with E-state index in [1.807, 2.05) is 0 Å². The number of halogens is 1. The van der Waals surface area contributed by atoms with Crippen molar-refractivity contribution < 1.29 is 4.74 Å². The maximum Gasteiger partial charge on any atom is 0.191 e. The molecule has 1 saturated carbocycles. The predicted molar refractivity (Wildman–Crippen MR) is 112 cm³/mol. The van der Waals surface area contributed by atoms with E-state index >= 15 is 0 Å². The lowest BCUT2D eigenvalue weighted by Crippen LogP contribution is -2.63. The standard InChI is InChI=1S/C18H31N5O.HI/c1-5-19-17(22-14-10-15(24-4)18(14,2)3)20-11-13-12-23-9-7-6-8-16(23)21-13;/h12,14-15H,5-11H2,1-4H3,(H2,19,20,22);1H. The molecule has 1 fully saturated rings. The molecule has 2 unspecified atom stereocenters. The van der Waals surface area contributed by atoms with Gasteiger partial charge in [-0.1, -0.05) is 13.8 Å². The maximum absolute atomic E-state index is 5.54. The van der Waals surface area contributed by atoms with E-state index in [1.165, 1.54) is 18.7 Å². The van der Waals surface area contributed by atoms with E-state index in [2.05, 4.69) is 42.2 Å². The molecule has 2 atom stereocenters. The van der Waals surface area contributed by atoms with Crippen LogP contribution in [0.5, 0.6) is 0 Å². The molecule has 0 bridgehead atoms. The third kappa shape index (κ3) is 4.48. The maximum atomic E-state index is 5.54. The summed E-state index contributed by atoms with van der Waals surface area (Å²) in [5.74, 6) is 2.09. The minimum atomic E-state index is 0. The van der Waals surface area contributed by atoms with Crippen molar-refractivity contribution in [2.45, 2.75) is 71.7 Å². The van der Waals surface area contributed by atoms with Crippen LogP contribution < -0.4 is 10.6 Å². The zero-order chi connectivity index (χ0) is 17.2. The van der Waals surface area contributed by atoms with Gasteiger partial charge in [0.25, 0.3) is 0 Å². The first-order valence-electron chi connectivity index (χ1n) is 9.17. The Morgan fingerprint density at radius 2 is 2.24 bits per heavy atom. The smallest absolute Gasteiger partial charge is 0.191 e. The first-order chi connectivity index (χ1) is 11.5. The van der Waals surface area contributed by atoms with Gasteiger partial charge in [-0.15, -0.1) is 24.0 Å². The highest BCUT2D eigenvalue weighted by Crippen LogP contribution is 2.42. The van der Waals surface area contributed by atoms with Crippen LogP contribution in [-0.2, 0) is 24.2 Å². The number of aliphatic imine (C=N–C) groups is 1. The molecule has 7 heteroatoms. The van der Waals surface area contributed by atoms with Crippen molar-refractivity contribution in [3.8, 4) is 0 Å². The van der Waals surface area contributed by atoms with E-state index in [4.69, 9.17) is 14.7 Å². The molecule has 6 nitrogen and oxygen atoms in total. The third-order valence-electron chi connectivity index (χ3n) is 5.48. The molecule has 25 heavy (non-hydrogen) atoms. The fraction of sp³-hybridized carbons (Fsp3) is 0.778. The first-order valence-corrected chi connectivity index (χ1v) is 9.17. The molecule has 0 spiro atoms. The fourth-order valence-corrected chi connectivity index (χ4v) is 3.72. The summed E-state index contributed by atoms with van der Waals surface area (Å²) in [4.78, 5) is 9.47. The van der Waals surface area contributed by atoms with E-state index in [0.717, 1.165) is 37.6 Å². The minimum Gasteiger partial charge on any atom is -0.381 e. The minimum absolute atomic E-state index is 0. The van der Waals surface area contributed by atoms with Crippen molar-refractivity contribution in [2.24, 2.45) is 10.4 Å². The number of nitrogens with one attached hydrogen (secondary N) is 2. The normalized spacial score (nSPS) is 24.7. The zero-order valence-electron chi connectivity index (χ0n) is 15.8. The highest BCUT2D eigenvalue weighted by atomic mass is 127.